The molecule has 0 bridgehead atoms. The molecule has 88 valence electrons. The Bertz CT molecular complexity index is 564. The highest BCUT2D eigenvalue weighted by atomic mass is 79.9. The van der Waals surface area contributed by atoms with Crippen LogP contribution < -0.4 is 11.1 Å². The second kappa shape index (κ2) is 4.85. The summed E-state index contributed by atoms with van der Waals surface area (Å²) in [6.45, 7) is 0. The summed E-state index contributed by atoms with van der Waals surface area (Å²) >= 11 is 8.94. The van der Waals surface area contributed by atoms with Gasteiger partial charge in [0.15, 0.2) is 0 Å². The molecule has 0 aliphatic carbocycles. The van der Waals surface area contributed by atoms with Crippen LogP contribution in [0.3, 0.4) is 0 Å². The Balaban J connectivity index is 2.34. The van der Waals surface area contributed by atoms with E-state index in [9.17, 15) is 4.39 Å². The molecule has 0 aliphatic heterocycles. The highest BCUT2D eigenvalue weighted by molar-refractivity contribution is 9.10. The number of hydrogen-bond donors (Lipinski definition) is 2. The van der Waals surface area contributed by atoms with Gasteiger partial charge in [-0.05, 0) is 45.7 Å². The second-order valence-electron chi connectivity index (χ2n) is 3.19. The maximum Gasteiger partial charge on any atom is 0.224 e. The quantitative estimate of drug-likeness (QED) is 0.658. The number of aromatic nitrogens is 2. The van der Waals surface area contributed by atoms with Crippen LogP contribution in [0.15, 0.2) is 28.9 Å². The number of benzene rings is 1. The minimum atomic E-state index is -0.396. The van der Waals surface area contributed by atoms with E-state index < -0.39 is 5.82 Å². The minimum absolute atomic E-state index is 0.108. The van der Waals surface area contributed by atoms with Gasteiger partial charge in [0.2, 0.25) is 5.28 Å². The van der Waals surface area contributed by atoms with Crippen LogP contribution in [0.25, 0.3) is 0 Å². The molecule has 17 heavy (non-hydrogen) atoms. The van der Waals surface area contributed by atoms with Crippen LogP contribution in [0, 0.1) is 5.82 Å². The molecule has 0 atom stereocenters. The van der Waals surface area contributed by atoms with Crippen molar-refractivity contribution in [3.05, 3.63) is 40.0 Å². The summed E-state index contributed by atoms with van der Waals surface area (Å²) in [6, 6.07) is 4.04. The largest absolute Gasteiger partial charge is 0.397 e. The zero-order valence-electron chi connectivity index (χ0n) is 8.42. The van der Waals surface area contributed by atoms with Gasteiger partial charge in [0.1, 0.15) is 11.6 Å². The molecule has 2 aromatic rings. The fourth-order valence-electron chi connectivity index (χ4n) is 1.21. The van der Waals surface area contributed by atoms with E-state index in [1.165, 1.54) is 24.4 Å². The van der Waals surface area contributed by atoms with E-state index in [0.29, 0.717) is 16.0 Å². The van der Waals surface area contributed by atoms with Crippen molar-refractivity contribution >= 4 is 44.7 Å². The van der Waals surface area contributed by atoms with E-state index in [0.717, 1.165) is 0 Å². The zero-order chi connectivity index (χ0) is 12.4. The molecule has 0 radical (unpaired) electrons. The number of nitrogens with one attached hydrogen (secondary N) is 1. The minimum Gasteiger partial charge on any atom is -0.397 e. The van der Waals surface area contributed by atoms with Gasteiger partial charge >= 0.3 is 0 Å². The lowest BCUT2D eigenvalue weighted by molar-refractivity contribution is 0.628. The molecule has 0 aliphatic rings. The van der Waals surface area contributed by atoms with Gasteiger partial charge in [0.25, 0.3) is 0 Å². The summed E-state index contributed by atoms with van der Waals surface area (Å²) in [5.41, 5.74) is 6.49. The van der Waals surface area contributed by atoms with Crippen molar-refractivity contribution in [2.75, 3.05) is 11.1 Å². The van der Waals surface area contributed by atoms with E-state index >= 15 is 0 Å². The molecule has 1 aromatic heterocycles. The molecule has 0 spiro atoms. The molecule has 4 nitrogen and oxygen atoms in total. The summed E-state index contributed by atoms with van der Waals surface area (Å²) < 4.78 is 13.5. The van der Waals surface area contributed by atoms with Crippen molar-refractivity contribution in [2.45, 2.75) is 0 Å². The van der Waals surface area contributed by atoms with E-state index in [1.54, 1.807) is 0 Å². The van der Waals surface area contributed by atoms with Crippen LogP contribution in [0.5, 0.6) is 0 Å². The normalized spacial score (nSPS) is 10.3. The third kappa shape index (κ3) is 2.83. The molecule has 0 saturated heterocycles. The zero-order valence-corrected chi connectivity index (χ0v) is 10.8. The molecule has 1 aromatic carbocycles. The van der Waals surface area contributed by atoms with Crippen LogP contribution >= 0.6 is 27.5 Å². The van der Waals surface area contributed by atoms with Crippen molar-refractivity contribution in [3.8, 4) is 0 Å². The van der Waals surface area contributed by atoms with Crippen molar-refractivity contribution in [2.24, 2.45) is 0 Å². The number of nitrogens with two attached hydrogens (primary N) is 1. The molecule has 3 N–H and O–H groups in total. The number of nitrogens with zero attached hydrogens (tertiary/aromatic N) is 2. The van der Waals surface area contributed by atoms with Crippen LogP contribution in [0.1, 0.15) is 0 Å². The standard InChI is InChI=1S/C10H7BrClFN4/c11-6-4-15-10(12)17-9(6)16-8-2-1-5(13)3-7(8)14/h1-4H,14H2,(H,15,16,17). The van der Waals surface area contributed by atoms with Crippen LogP contribution in [0.2, 0.25) is 5.28 Å². The third-order valence-electron chi connectivity index (χ3n) is 1.98. The predicted molar refractivity (Wildman–Crippen MR) is 68.8 cm³/mol. The predicted octanol–water partition coefficient (Wildman–Crippen LogP) is 3.36. The lowest BCUT2D eigenvalue weighted by atomic mass is 10.2. The molecule has 1 heterocycles. The van der Waals surface area contributed by atoms with Crippen molar-refractivity contribution < 1.29 is 4.39 Å². The highest BCUT2D eigenvalue weighted by Gasteiger charge is 2.06. The average molecular weight is 318 g/mol. The van der Waals surface area contributed by atoms with Gasteiger partial charge in [-0.2, -0.15) is 4.98 Å². The fourth-order valence-corrected chi connectivity index (χ4v) is 1.63. The number of rotatable bonds is 2. The molecule has 0 saturated carbocycles. The first-order valence-corrected chi connectivity index (χ1v) is 5.73. The van der Waals surface area contributed by atoms with Crippen LogP contribution in [0.4, 0.5) is 21.6 Å². The van der Waals surface area contributed by atoms with E-state index in [1.807, 2.05) is 0 Å². The summed E-state index contributed by atoms with van der Waals surface area (Å²) in [6.07, 6.45) is 1.51. The second-order valence-corrected chi connectivity index (χ2v) is 4.38. The van der Waals surface area contributed by atoms with Gasteiger partial charge in [-0.3, -0.25) is 0 Å². The van der Waals surface area contributed by atoms with Gasteiger partial charge in [-0.1, -0.05) is 0 Å². The maximum atomic E-state index is 12.9. The van der Waals surface area contributed by atoms with Crippen molar-refractivity contribution in [3.63, 3.8) is 0 Å². The summed E-state index contributed by atoms with van der Waals surface area (Å²) in [5, 5.41) is 3.04. The first-order valence-electron chi connectivity index (χ1n) is 4.56. The summed E-state index contributed by atoms with van der Waals surface area (Å²) in [4.78, 5) is 7.77. The lowest BCUT2D eigenvalue weighted by Gasteiger charge is -2.09. The highest BCUT2D eigenvalue weighted by Crippen LogP contribution is 2.27. The molecule has 0 fully saturated rings. The Morgan fingerprint density at radius 1 is 1.41 bits per heavy atom. The number of hydrogen-bond acceptors (Lipinski definition) is 4. The van der Waals surface area contributed by atoms with Gasteiger partial charge < -0.3 is 11.1 Å². The van der Waals surface area contributed by atoms with Gasteiger partial charge in [0, 0.05) is 6.20 Å². The molecular formula is C10H7BrClFN4. The molecule has 0 unspecified atom stereocenters. The Labute approximate surface area is 110 Å². The average Bonchev–Trinajstić information content (AvgIpc) is 2.27. The Morgan fingerprint density at radius 2 is 2.18 bits per heavy atom. The third-order valence-corrected chi connectivity index (χ3v) is 2.74. The molecule has 7 heteroatoms. The Morgan fingerprint density at radius 3 is 2.88 bits per heavy atom. The Hall–Kier alpha value is -1.40. The molecule has 2 rings (SSSR count). The van der Waals surface area contributed by atoms with E-state index in [2.05, 4.69) is 31.2 Å². The van der Waals surface area contributed by atoms with Crippen molar-refractivity contribution in [1.82, 2.24) is 9.97 Å². The maximum absolute atomic E-state index is 12.9. The first kappa shape index (κ1) is 12.1. The smallest absolute Gasteiger partial charge is 0.224 e. The Kier molecular flexibility index (Phi) is 3.44. The first-order chi connectivity index (χ1) is 8.06. The molecular weight excluding hydrogens is 310 g/mol. The molecule has 0 amide bonds. The number of halogens is 3. The monoisotopic (exact) mass is 316 g/mol. The van der Waals surface area contributed by atoms with Gasteiger partial charge in [0.05, 0.1) is 15.8 Å². The fraction of sp³-hybridized carbons (Fsp3) is 0. The SMILES string of the molecule is Nc1cc(F)ccc1Nc1nc(Cl)ncc1Br. The van der Waals surface area contributed by atoms with Crippen LogP contribution in [-0.2, 0) is 0 Å². The van der Waals surface area contributed by atoms with E-state index in [-0.39, 0.29) is 11.0 Å². The van der Waals surface area contributed by atoms with Crippen LogP contribution in [-0.4, -0.2) is 9.97 Å². The van der Waals surface area contributed by atoms with E-state index in [4.69, 9.17) is 17.3 Å². The van der Waals surface area contributed by atoms with Gasteiger partial charge in [-0.15, -0.1) is 0 Å². The topological polar surface area (TPSA) is 63.8 Å². The number of nitrogen functional groups attached to an aromatic ring is 1. The van der Waals surface area contributed by atoms with Gasteiger partial charge in [-0.25, -0.2) is 9.37 Å². The number of anilines is 3. The summed E-state index contributed by atoms with van der Waals surface area (Å²) in [7, 11) is 0. The van der Waals surface area contributed by atoms with Crippen molar-refractivity contribution in [1.29, 1.82) is 0 Å². The lowest BCUT2D eigenvalue weighted by Crippen LogP contribution is -2.00. The summed E-state index contributed by atoms with van der Waals surface area (Å²) in [5.74, 6) is 0.0659.